The molecule has 3 heteroatoms. The van der Waals surface area contributed by atoms with E-state index in [1.54, 1.807) is 0 Å². The second kappa shape index (κ2) is 6.99. The smallest absolute Gasteiger partial charge is 0.0406 e. The van der Waals surface area contributed by atoms with E-state index in [1.807, 2.05) is 24.5 Å². The van der Waals surface area contributed by atoms with Gasteiger partial charge < -0.3 is 5.32 Å². The molecule has 2 aromatic carbocycles. The van der Waals surface area contributed by atoms with E-state index in [9.17, 15) is 0 Å². The number of piperidine rings is 1. The highest BCUT2D eigenvalue weighted by Crippen LogP contribution is 2.41. The zero-order chi connectivity index (χ0) is 17.1. The number of rotatable bonds is 3. The molecule has 25 heavy (non-hydrogen) atoms. The lowest BCUT2D eigenvalue weighted by Gasteiger charge is -2.39. The third-order valence-corrected chi connectivity index (χ3v) is 5.56. The molecule has 1 saturated heterocycles. The summed E-state index contributed by atoms with van der Waals surface area (Å²) in [4.78, 5) is 4.10. The van der Waals surface area contributed by atoms with Crippen LogP contribution in [0.2, 0.25) is 5.02 Å². The molecule has 2 nitrogen and oxygen atoms in total. The summed E-state index contributed by atoms with van der Waals surface area (Å²) in [5, 5.41) is 4.29. The third kappa shape index (κ3) is 3.20. The monoisotopic (exact) mass is 348 g/mol. The summed E-state index contributed by atoms with van der Waals surface area (Å²) in [5.41, 5.74) is 5.23. The van der Waals surface area contributed by atoms with Gasteiger partial charge in [-0.2, -0.15) is 0 Å². The minimum absolute atomic E-state index is 0.0621. The molecule has 0 bridgehead atoms. The van der Waals surface area contributed by atoms with Crippen LogP contribution in [0.15, 0.2) is 73.1 Å². The molecule has 1 aliphatic rings. The van der Waals surface area contributed by atoms with Gasteiger partial charge in [-0.3, -0.25) is 4.98 Å². The highest BCUT2D eigenvalue weighted by molar-refractivity contribution is 6.30. The minimum atomic E-state index is 0.0621. The van der Waals surface area contributed by atoms with Crippen molar-refractivity contribution in [1.82, 2.24) is 10.3 Å². The van der Waals surface area contributed by atoms with Gasteiger partial charge in [0, 0.05) is 22.8 Å². The largest absolute Gasteiger partial charge is 0.317 e. The third-order valence-electron chi connectivity index (χ3n) is 5.31. The Labute approximate surface area is 153 Å². The SMILES string of the molecule is Clc1ccc(C2(c3ccc(-c4ccncc4)cc3)CCNCC2)cc1. The maximum Gasteiger partial charge on any atom is 0.0406 e. The molecule has 0 aliphatic carbocycles. The van der Waals surface area contributed by atoms with E-state index >= 15 is 0 Å². The van der Waals surface area contributed by atoms with Crippen molar-refractivity contribution in [3.63, 3.8) is 0 Å². The van der Waals surface area contributed by atoms with E-state index in [0.717, 1.165) is 31.0 Å². The summed E-state index contributed by atoms with van der Waals surface area (Å²) in [6, 6.07) is 21.5. The normalized spacial score (nSPS) is 16.5. The second-order valence-electron chi connectivity index (χ2n) is 6.65. The first kappa shape index (κ1) is 16.3. The fraction of sp³-hybridized carbons (Fsp3) is 0.227. The van der Waals surface area contributed by atoms with E-state index in [0.29, 0.717) is 0 Å². The van der Waals surface area contributed by atoms with Crippen LogP contribution in [0.3, 0.4) is 0 Å². The van der Waals surface area contributed by atoms with E-state index in [2.05, 4.69) is 58.8 Å². The molecular weight excluding hydrogens is 328 g/mol. The predicted molar refractivity (Wildman–Crippen MR) is 104 cm³/mol. The Bertz CT molecular complexity index is 820. The molecule has 2 heterocycles. The number of aromatic nitrogens is 1. The first-order valence-electron chi connectivity index (χ1n) is 8.76. The molecular formula is C22H21ClN2. The van der Waals surface area contributed by atoms with Crippen molar-refractivity contribution in [3.05, 3.63) is 89.2 Å². The summed E-state index contributed by atoms with van der Waals surface area (Å²) in [6.07, 6.45) is 5.88. The van der Waals surface area contributed by atoms with Crippen molar-refractivity contribution in [2.45, 2.75) is 18.3 Å². The van der Waals surface area contributed by atoms with Gasteiger partial charge in [-0.1, -0.05) is 48.0 Å². The number of hydrogen-bond acceptors (Lipinski definition) is 2. The summed E-state index contributed by atoms with van der Waals surface area (Å²) in [6.45, 7) is 2.07. The lowest BCUT2D eigenvalue weighted by atomic mass is 9.68. The highest BCUT2D eigenvalue weighted by atomic mass is 35.5. The predicted octanol–water partition coefficient (Wildman–Crippen LogP) is 5.07. The van der Waals surface area contributed by atoms with E-state index in [4.69, 9.17) is 11.6 Å². The molecule has 0 unspecified atom stereocenters. The lowest BCUT2D eigenvalue weighted by molar-refractivity contribution is 0.362. The first-order valence-corrected chi connectivity index (χ1v) is 9.13. The molecule has 0 atom stereocenters. The van der Waals surface area contributed by atoms with Crippen LogP contribution in [0, 0.1) is 0 Å². The quantitative estimate of drug-likeness (QED) is 0.714. The van der Waals surface area contributed by atoms with E-state index in [-0.39, 0.29) is 5.41 Å². The van der Waals surface area contributed by atoms with Crippen molar-refractivity contribution in [3.8, 4) is 11.1 Å². The summed E-state index contributed by atoms with van der Waals surface area (Å²) in [7, 11) is 0. The van der Waals surface area contributed by atoms with Crippen molar-refractivity contribution < 1.29 is 0 Å². The van der Waals surface area contributed by atoms with Crippen LogP contribution in [0.5, 0.6) is 0 Å². The Balaban J connectivity index is 1.74. The van der Waals surface area contributed by atoms with Crippen molar-refractivity contribution in [2.24, 2.45) is 0 Å². The molecule has 4 rings (SSSR count). The Morgan fingerprint density at radius 2 is 1.24 bits per heavy atom. The van der Waals surface area contributed by atoms with Gasteiger partial charge in [0.25, 0.3) is 0 Å². The fourth-order valence-electron chi connectivity index (χ4n) is 3.89. The van der Waals surface area contributed by atoms with Crippen LogP contribution < -0.4 is 5.32 Å². The molecule has 0 radical (unpaired) electrons. The average molecular weight is 349 g/mol. The van der Waals surface area contributed by atoms with Crippen LogP contribution in [0.25, 0.3) is 11.1 Å². The fourth-order valence-corrected chi connectivity index (χ4v) is 4.02. The molecule has 0 amide bonds. The standard InChI is InChI=1S/C22H21ClN2/c23-21-7-5-20(6-8-21)22(11-15-25-16-12-22)19-3-1-17(2-4-19)18-9-13-24-14-10-18/h1-10,13-14,25H,11-12,15-16H2. The number of hydrogen-bond donors (Lipinski definition) is 1. The van der Waals surface area contributed by atoms with Crippen LogP contribution in [0.4, 0.5) is 0 Å². The molecule has 0 spiro atoms. The molecule has 0 saturated carbocycles. The zero-order valence-electron chi connectivity index (χ0n) is 14.1. The summed E-state index contributed by atoms with van der Waals surface area (Å²) >= 11 is 6.11. The zero-order valence-corrected chi connectivity index (χ0v) is 14.8. The van der Waals surface area contributed by atoms with Crippen LogP contribution >= 0.6 is 11.6 Å². The summed E-state index contributed by atoms with van der Waals surface area (Å²) in [5.74, 6) is 0. The van der Waals surface area contributed by atoms with Gasteiger partial charge in [0.05, 0.1) is 0 Å². The van der Waals surface area contributed by atoms with Gasteiger partial charge in [0.15, 0.2) is 0 Å². The van der Waals surface area contributed by atoms with Crippen LogP contribution in [-0.4, -0.2) is 18.1 Å². The number of benzene rings is 2. The van der Waals surface area contributed by atoms with E-state index in [1.165, 1.54) is 22.3 Å². The maximum absolute atomic E-state index is 6.11. The number of nitrogens with one attached hydrogen (secondary N) is 1. The second-order valence-corrected chi connectivity index (χ2v) is 7.09. The topological polar surface area (TPSA) is 24.9 Å². The minimum Gasteiger partial charge on any atom is -0.317 e. The Hall–Kier alpha value is -2.16. The number of pyridine rings is 1. The lowest BCUT2D eigenvalue weighted by Crippen LogP contribution is -2.40. The van der Waals surface area contributed by atoms with Crippen LogP contribution in [-0.2, 0) is 5.41 Å². The first-order chi connectivity index (χ1) is 12.3. The van der Waals surface area contributed by atoms with Gasteiger partial charge in [-0.25, -0.2) is 0 Å². The Morgan fingerprint density at radius 3 is 1.84 bits per heavy atom. The van der Waals surface area contributed by atoms with Crippen molar-refractivity contribution in [1.29, 1.82) is 0 Å². The molecule has 126 valence electrons. The van der Waals surface area contributed by atoms with Gasteiger partial charge in [0.2, 0.25) is 0 Å². The molecule has 1 aliphatic heterocycles. The van der Waals surface area contributed by atoms with Crippen molar-refractivity contribution >= 4 is 11.6 Å². The molecule has 3 aromatic rings. The van der Waals surface area contributed by atoms with Gasteiger partial charge in [0.1, 0.15) is 0 Å². The van der Waals surface area contributed by atoms with Gasteiger partial charge >= 0.3 is 0 Å². The number of nitrogens with zero attached hydrogens (tertiary/aromatic N) is 1. The summed E-state index contributed by atoms with van der Waals surface area (Å²) < 4.78 is 0. The number of halogens is 1. The molecule has 1 aromatic heterocycles. The van der Waals surface area contributed by atoms with Gasteiger partial charge in [-0.15, -0.1) is 0 Å². The van der Waals surface area contributed by atoms with Gasteiger partial charge in [-0.05, 0) is 72.5 Å². The maximum atomic E-state index is 6.11. The van der Waals surface area contributed by atoms with E-state index < -0.39 is 0 Å². The molecule has 1 N–H and O–H groups in total. The van der Waals surface area contributed by atoms with Crippen molar-refractivity contribution in [2.75, 3.05) is 13.1 Å². The average Bonchev–Trinajstić information content (AvgIpc) is 2.70. The Morgan fingerprint density at radius 1 is 0.720 bits per heavy atom. The highest BCUT2D eigenvalue weighted by Gasteiger charge is 2.35. The Kier molecular flexibility index (Phi) is 4.56. The van der Waals surface area contributed by atoms with Crippen LogP contribution in [0.1, 0.15) is 24.0 Å². The molecule has 1 fully saturated rings.